The minimum absolute atomic E-state index is 0.156. The lowest BCUT2D eigenvalue weighted by Gasteiger charge is -2.12. The first-order valence-electron chi connectivity index (χ1n) is 7.61. The number of methoxy groups -OCH3 is 3. The van der Waals surface area contributed by atoms with Crippen molar-refractivity contribution in [3.8, 4) is 11.5 Å². The van der Waals surface area contributed by atoms with E-state index in [0.29, 0.717) is 29.2 Å². The van der Waals surface area contributed by atoms with Crippen LogP contribution in [-0.4, -0.2) is 33.4 Å². The first-order chi connectivity index (χ1) is 12.9. The molecule has 0 aliphatic heterocycles. The monoisotopic (exact) mass is 381 g/mol. The Labute approximate surface area is 153 Å². The summed E-state index contributed by atoms with van der Waals surface area (Å²) in [4.78, 5) is 23.7. The molecule has 0 aromatic heterocycles. The highest BCUT2D eigenvalue weighted by Crippen LogP contribution is 2.24. The third-order valence-electron chi connectivity index (χ3n) is 3.48. The number of esters is 1. The molecule has 0 saturated heterocycles. The van der Waals surface area contributed by atoms with Crippen molar-refractivity contribution in [1.82, 2.24) is 0 Å². The Morgan fingerprint density at radius 2 is 1.52 bits per heavy atom. The highest BCUT2D eigenvalue weighted by Gasteiger charge is 2.19. The number of ether oxygens (including phenoxy) is 4. The largest absolute Gasteiger partial charge is 0.497 e. The van der Waals surface area contributed by atoms with E-state index in [1.54, 1.807) is 18.2 Å². The van der Waals surface area contributed by atoms with E-state index in [0.717, 1.165) is 7.11 Å². The Morgan fingerprint density at radius 1 is 0.926 bits per heavy atom. The maximum atomic E-state index is 13.4. The second kappa shape index (κ2) is 8.84. The van der Waals surface area contributed by atoms with Crippen LogP contribution < -0.4 is 14.8 Å². The maximum Gasteiger partial charge on any atom is 0.411 e. The smallest absolute Gasteiger partial charge is 0.411 e. The van der Waals surface area contributed by atoms with Gasteiger partial charge < -0.3 is 18.9 Å². The molecule has 0 fully saturated rings. The van der Waals surface area contributed by atoms with Gasteiger partial charge in [-0.1, -0.05) is 0 Å². The zero-order valence-corrected chi connectivity index (χ0v) is 14.8. The van der Waals surface area contributed by atoms with Gasteiger partial charge in [-0.15, -0.1) is 0 Å². The zero-order valence-electron chi connectivity index (χ0n) is 14.8. The van der Waals surface area contributed by atoms with E-state index in [2.05, 4.69) is 10.1 Å². The molecule has 0 aliphatic rings. The van der Waals surface area contributed by atoms with E-state index < -0.39 is 23.7 Å². The van der Waals surface area contributed by atoms with Crippen LogP contribution in [0.1, 0.15) is 15.9 Å². The van der Waals surface area contributed by atoms with Gasteiger partial charge in [0, 0.05) is 12.1 Å². The van der Waals surface area contributed by atoms with Crippen molar-refractivity contribution < 1.29 is 37.3 Å². The first kappa shape index (κ1) is 20.0. The fourth-order valence-corrected chi connectivity index (χ4v) is 2.17. The molecule has 9 heteroatoms. The number of benzene rings is 2. The number of halogens is 2. The molecule has 0 spiro atoms. The minimum Gasteiger partial charge on any atom is -0.497 e. The lowest BCUT2D eigenvalue weighted by atomic mass is 10.1. The summed E-state index contributed by atoms with van der Waals surface area (Å²) in [5, 5.41) is 2.19. The summed E-state index contributed by atoms with van der Waals surface area (Å²) < 4.78 is 46.6. The Kier molecular flexibility index (Phi) is 6.53. The van der Waals surface area contributed by atoms with Gasteiger partial charge >= 0.3 is 12.1 Å². The van der Waals surface area contributed by atoms with Gasteiger partial charge in [-0.2, -0.15) is 0 Å². The number of carbonyl (C=O) groups excluding carboxylic acids is 2. The maximum absolute atomic E-state index is 13.4. The van der Waals surface area contributed by atoms with Crippen molar-refractivity contribution in [3.63, 3.8) is 0 Å². The molecule has 1 N–H and O–H groups in total. The van der Waals surface area contributed by atoms with Crippen LogP contribution in [0.3, 0.4) is 0 Å². The second-order valence-electron chi connectivity index (χ2n) is 5.23. The molecule has 2 aromatic carbocycles. The van der Waals surface area contributed by atoms with E-state index in [1.807, 2.05) is 0 Å². The highest BCUT2D eigenvalue weighted by atomic mass is 19.2. The van der Waals surface area contributed by atoms with E-state index in [9.17, 15) is 18.4 Å². The summed E-state index contributed by atoms with van der Waals surface area (Å²) in [6.45, 7) is -0.156. The number of rotatable bonds is 6. The topological polar surface area (TPSA) is 83.1 Å². The summed E-state index contributed by atoms with van der Waals surface area (Å²) in [6.07, 6.45) is -0.979. The number of hydrogen-bond acceptors (Lipinski definition) is 6. The Bertz CT molecular complexity index is 834. The van der Waals surface area contributed by atoms with Crippen molar-refractivity contribution in [3.05, 3.63) is 53.1 Å². The Balaban J connectivity index is 2.12. The van der Waals surface area contributed by atoms with Crippen molar-refractivity contribution in [1.29, 1.82) is 0 Å². The molecule has 0 unspecified atom stereocenters. The van der Waals surface area contributed by atoms with E-state index in [1.165, 1.54) is 14.2 Å². The van der Waals surface area contributed by atoms with Gasteiger partial charge in [0.1, 0.15) is 18.1 Å². The van der Waals surface area contributed by atoms with Gasteiger partial charge in [0.2, 0.25) is 0 Å². The fourth-order valence-electron chi connectivity index (χ4n) is 2.17. The predicted molar refractivity (Wildman–Crippen MR) is 91.1 cm³/mol. The van der Waals surface area contributed by atoms with Gasteiger partial charge in [-0.3, -0.25) is 5.32 Å². The number of anilines is 1. The quantitative estimate of drug-likeness (QED) is 0.771. The molecule has 0 radical (unpaired) electrons. The van der Waals surface area contributed by atoms with Crippen molar-refractivity contribution in [2.75, 3.05) is 26.6 Å². The van der Waals surface area contributed by atoms with Gasteiger partial charge in [0.15, 0.2) is 11.6 Å². The zero-order chi connectivity index (χ0) is 20.0. The van der Waals surface area contributed by atoms with Crippen LogP contribution in [0, 0.1) is 11.6 Å². The number of nitrogens with one attached hydrogen (secondary N) is 1. The molecule has 144 valence electrons. The lowest BCUT2D eigenvalue weighted by Crippen LogP contribution is -2.17. The molecule has 7 nitrogen and oxygen atoms in total. The second-order valence-corrected chi connectivity index (χ2v) is 5.23. The number of hydrogen-bond donors (Lipinski definition) is 1. The summed E-state index contributed by atoms with van der Waals surface area (Å²) in [7, 11) is 4.02. The molecular weight excluding hydrogens is 364 g/mol. The average molecular weight is 381 g/mol. The number of carbonyl (C=O) groups is 2. The van der Waals surface area contributed by atoms with Crippen LogP contribution >= 0.6 is 0 Å². The van der Waals surface area contributed by atoms with Crippen LogP contribution in [-0.2, 0) is 16.1 Å². The highest BCUT2D eigenvalue weighted by molar-refractivity contribution is 5.99. The molecule has 0 heterocycles. The third-order valence-corrected chi connectivity index (χ3v) is 3.48. The lowest BCUT2D eigenvalue weighted by molar-refractivity contribution is 0.0601. The van der Waals surface area contributed by atoms with Crippen LogP contribution in [0.25, 0.3) is 0 Å². The van der Waals surface area contributed by atoms with Crippen molar-refractivity contribution >= 4 is 17.7 Å². The molecular formula is C18H17F2NO6. The molecule has 2 rings (SSSR count). The first-order valence-corrected chi connectivity index (χ1v) is 7.61. The molecule has 0 saturated carbocycles. The average Bonchev–Trinajstić information content (AvgIpc) is 2.67. The Hall–Kier alpha value is -3.36. The van der Waals surface area contributed by atoms with Crippen LogP contribution in [0.15, 0.2) is 30.3 Å². The number of amides is 1. The van der Waals surface area contributed by atoms with Gasteiger partial charge in [-0.25, -0.2) is 18.4 Å². The van der Waals surface area contributed by atoms with E-state index >= 15 is 0 Å². The molecule has 1 amide bonds. The normalized spacial score (nSPS) is 10.1. The summed E-state index contributed by atoms with van der Waals surface area (Å²) in [6, 6.07) is 6.20. The summed E-state index contributed by atoms with van der Waals surface area (Å²) in [5.74, 6) is -2.43. The van der Waals surface area contributed by atoms with Crippen LogP contribution in [0.4, 0.5) is 19.3 Å². The van der Waals surface area contributed by atoms with Crippen molar-refractivity contribution in [2.45, 2.75) is 6.61 Å². The van der Waals surface area contributed by atoms with Crippen LogP contribution in [0.2, 0.25) is 0 Å². The molecule has 0 aliphatic carbocycles. The van der Waals surface area contributed by atoms with E-state index in [-0.39, 0.29) is 17.9 Å². The van der Waals surface area contributed by atoms with Crippen molar-refractivity contribution in [2.24, 2.45) is 0 Å². The molecule has 0 bridgehead atoms. The standard InChI is InChI=1S/C18H17F2NO6/c1-24-11-4-10(5-12(6-11)25-2)9-27-18(23)21-16-8-15(20)14(19)7-13(16)17(22)26-3/h4-8H,9H2,1-3H3,(H,21,23). The van der Waals surface area contributed by atoms with Crippen LogP contribution in [0.5, 0.6) is 11.5 Å². The predicted octanol–water partition coefficient (Wildman–Crippen LogP) is 3.52. The summed E-state index contributed by atoms with van der Waals surface area (Å²) >= 11 is 0. The van der Waals surface area contributed by atoms with Gasteiger partial charge in [-0.05, 0) is 23.8 Å². The minimum atomic E-state index is -1.25. The summed E-state index contributed by atoms with van der Waals surface area (Å²) in [5.41, 5.74) is -0.0646. The van der Waals surface area contributed by atoms with Gasteiger partial charge in [0.05, 0.1) is 32.6 Å². The van der Waals surface area contributed by atoms with Gasteiger partial charge in [0.25, 0.3) is 0 Å². The molecule has 2 aromatic rings. The third kappa shape index (κ3) is 5.06. The Morgan fingerprint density at radius 3 is 2.07 bits per heavy atom. The molecule has 0 atom stereocenters. The molecule has 27 heavy (non-hydrogen) atoms. The van der Waals surface area contributed by atoms with E-state index in [4.69, 9.17) is 14.2 Å². The SMILES string of the molecule is COC(=O)c1cc(F)c(F)cc1NC(=O)OCc1cc(OC)cc(OC)c1. The fraction of sp³-hybridized carbons (Fsp3) is 0.222.